The number of aliphatic carboxylic acids is 1. The van der Waals surface area contributed by atoms with E-state index in [4.69, 9.17) is 10.8 Å². The Kier molecular flexibility index (Phi) is 3.35. The van der Waals surface area contributed by atoms with Gasteiger partial charge in [0, 0.05) is 5.92 Å². The zero-order chi connectivity index (χ0) is 9.94. The average molecular weight is 194 g/mol. The van der Waals surface area contributed by atoms with Gasteiger partial charge in [0.2, 0.25) is 5.66 Å². The Bertz CT molecular complexity index is 299. The minimum absolute atomic E-state index is 0.590. The van der Waals surface area contributed by atoms with Crippen molar-refractivity contribution < 1.29 is 18.3 Å². The van der Waals surface area contributed by atoms with E-state index >= 15 is 0 Å². The lowest BCUT2D eigenvalue weighted by atomic mass is 9.99. The van der Waals surface area contributed by atoms with Crippen molar-refractivity contribution in [3.63, 3.8) is 0 Å². The fourth-order valence-corrected chi connectivity index (χ4v) is 1.05. The quantitative estimate of drug-likeness (QED) is 0.626. The largest absolute Gasteiger partial charge is 0.478 e. The second kappa shape index (κ2) is 3.63. The zero-order valence-electron chi connectivity index (χ0n) is 6.68. The maximum atomic E-state index is 10.5. The van der Waals surface area contributed by atoms with Crippen molar-refractivity contribution in [2.45, 2.75) is 19.5 Å². The number of nitrogens with zero attached hydrogens (tertiary/aromatic N) is 1. The number of carbonyl (C=O) groups is 1. The monoisotopic (exact) mass is 194 g/mol. The smallest absolute Gasteiger partial charge is 0.347 e. The second-order valence-corrected chi connectivity index (χ2v) is 3.21. The Balaban J connectivity index is 5.16. The lowest BCUT2D eigenvalue weighted by Crippen LogP contribution is -2.50. The van der Waals surface area contributed by atoms with Gasteiger partial charge in [0.1, 0.15) is 0 Å². The molecule has 0 bridgehead atoms. The molecule has 1 atom stereocenters. The van der Waals surface area contributed by atoms with Crippen molar-refractivity contribution >= 4 is 16.5 Å². The van der Waals surface area contributed by atoms with Crippen molar-refractivity contribution in [3.8, 4) is 0 Å². The highest BCUT2D eigenvalue weighted by atomic mass is 32.2. The first-order valence-electron chi connectivity index (χ1n) is 3.15. The van der Waals surface area contributed by atoms with Crippen LogP contribution in [0.1, 0.15) is 13.8 Å². The van der Waals surface area contributed by atoms with E-state index in [0.717, 1.165) is 0 Å². The molecule has 0 aliphatic rings. The summed E-state index contributed by atoms with van der Waals surface area (Å²) in [6, 6.07) is 0. The normalized spacial score (nSPS) is 15.3. The van der Waals surface area contributed by atoms with E-state index in [-0.39, 0.29) is 0 Å². The fourth-order valence-electron chi connectivity index (χ4n) is 0.515. The number of hydrogen-bond acceptors (Lipinski definition) is 5. The molecule has 7 heteroatoms. The van der Waals surface area contributed by atoms with Crippen molar-refractivity contribution in [3.05, 3.63) is 0 Å². The van der Waals surface area contributed by atoms with Crippen molar-refractivity contribution in [2.75, 3.05) is 0 Å². The van der Waals surface area contributed by atoms with E-state index in [1.165, 1.54) is 13.8 Å². The summed E-state index contributed by atoms with van der Waals surface area (Å²) < 4.78 is 23.1. The SMILES string of the molecule is CC(C)C(N)(N=S(=O)=O)C(=O)O. The molecule has 3 N–H and O–H groups in total. The molecule has 1 unspecified atom stereocenters. The number of carboxylic acids is 1. The molecule has 0 aliphatic carbocycles. The molecule has 0 radical (unpaired) electrons. The first kappa shape index (κ1) is 11.1. The second-order valence-electron chi connectivity index (χ2n) is 2.59. The van der Waals surface area contributed by atoms with Gasteiger partial charge >= 0.3 is 16.5 Å². The maximum Gasteiger partial charge on any atom is 0.347 e. The van der Waals surface area contributed by atoms with Crippen molar-refractivity contribution in [1.82, 2.24) is 0 Å². The molecule has 0 saturated carbocycles. The van der Waals surface area contributed by atoms with Crippen LogP contribution in [-0.4, -0.2) is 25.2 Å². The first-order valence-corrected chi connectivity index (χ1v) is 4.18. The molecule has 0 aromatic carbocycles. The van der Waals surface area contributed by atoms with Crippen LogP contribution in [0.4, 0.5) is 0 Å². The van der Waals surface area contributed by atoms with Gasteiger partial charge < -0.3 is 5.11 Å². The highest BCUT2D eigenvalue weighted by Crippen LogP contribution is 2.15. The Hall–Kier alpha value is -0.950. The Morgan fingerprint density at radius 3 is 2.08 bits per heavy atom. The standard InChI is InChI=1S/C5H10N2O4S/c1-3(2)5(6,4(8)9)7-12(10)11/h3H,6H2,1-2H3,(H,8,9). The summed E-state index contributed by atoms with van der Waals surface area (Å²) >= 11 is 0. The summed E-state index contributed by atoms with van der Waals surface area (Å²) in [5.74, 6) is -2.05. The van der Waals surface area contributed by atoms with E-state index in [0.29, 0.717) is 0 Å². The summed E-state index contributed by atoms with van der Waals surface area (Å²) in [6.45, 7) is 2.95. The first-order chi connectivity index (χ1) is 5.30. The summed E-state index contributed by atoms with van der Waals surface area (Å²) in [5.41, 5.74) is 3.18. The molecule has 70 valence electrons. The minimum atomic E-state index is -2.81. The summed E-state index contributed by atoms with van der Waals surface area (Å²) in [7, 11) is -2.81. The Morgan fingerprint density at radius 1 is 1.58 bits per heavy atom. The topological polar surface area (TPSA) is 110 Å². The van der Waals surface area contributed by atoms with Crippen molar-refractivity contribution in [2.24, 2.45) is 16.0 Å². The van der Waals surface area contributed by atoms with Crippen LogP contribution in [0.25, 0.3) is 0 Å². The third-order valence-electron chi connectivity index (χ3n) is 1.45. The molecular formula is C5H10N2O4S. The molecule has 0 saturated heterocycles. The van der Waals surface area contributed by atoms with Gasteiger partial charge in [0.05, 0.1) is 0 Å². The zero-order valence-corrected chi connectivity index (χ0v) is 7.50. The molecule has 0 spiro atoms. The fraction of sp³-hybridized carbons (Fsp3) is 0.800. The lowest BCUT2D eigenvalue weighted by molar-refractivity contribution is -0.144. The van der Waals surface area contributed by atoms with Gasteiger partial charge in [0.15, 0.2) is 0 Å². The molecular weight excluding hydrogens is 184 g/mol. The Labute approximate surface area is 71.1 Å². The molecule has 0 aromatic heterocycles. The lowest BCUT2D eigenvalue weighted by Gasteiger charge is -2.21. The number of hydrogen-bond donors (Lipinski definition) is 2. The molecule has 6 nitrogen and oxygen atoms in total. The summed E-state index contributed by atoms with van der Waals surface area (Å²) in [5, 5.41) is 8.56. The van der Waals surface area contributed by atoms with Gasteiger partial charge in [-0.2, -0.15) is 8.42 Å². The minimum Gasteiger partial charge on any atom is -0.478 e. The summed E-state index contributed by atoms with van der Waals surface area (Å²) in [4.78, 5) is 10.5. The van der Waals surface area contributed by atoms with Crippen LogP contribution in [0.5, 0.6) is 0 Å². The van der Waals surface area contributed by atoms with Crippen LogP contribution in [0.2, 0.25) is 0 Å². The van der Waals surface area contributed by atoms with Crippen LogP contribution in [0.3, 0.4) is 0 Å². The molecule has 0 aromatic rings. The van der Waals surface area contributed by atoms with E-state index in [2.05, 4.69) is 4.36 Å². The molecule has 0 fully saturated rings. The predicted molar refractivity (Wildman–Crippen MR) is 40.7 cm³/mol. The number of carboxylic acid groups (broad SMARTS) is 1. The molecule has 0 amide bonds. The molecule has 0 aliphatic heterocycles. The third kappa shape index (κ3) is 2.28. The van der Waals surface area contributed by atoms with Crippen molar-refractivity contribution in [1.29, 1.82) is 0 Å². The van der Waals surface area contributed by atoms with Gasteiger partial charge in [-0.15, -0.1) is 4.36 Å². The molecule has 0 heterocycles. The maximum absolute atomic E-state index is 10.5. The highest BCUT2D eigenvalue weighted by Gasteiger charge is 2.38. The number of rotatable bonds is 3. The molecule has 12 heavy (non-hydrogen) atoms. The van der Waals surface area contributed by atoms with Crippen LogP contribution in [0, 0.1) is 5.92 Å². The number of nitrogens with two attached hydrogens (primary N) is 1. The average Bonchev–Trinajstić information content (AvgIpc) is 1.84. The van der Waals surface area contributed by atoms with Gasteiger partial charge in [-0.05, 0) is 0 Å². The van der Waals surface area contributed by atoms with Gasteiger partial charge in [-0.25, -0.2) is 4.79 Å². The van der Waals surface area contributed by atoms with E-state index in [1.807, 2.05) is 0 Å². The van der Waals surface area contributed by atoms with E-state index < -0.39 is 28.1 Å². The molecule has 0 rings (SSSR count). The van der Waals surface area contributed by atoms with Crippen LogP contribution in [-0.2, 0) is 15.3 Å². The van der Waals surface area contributed by atoms with Gasteiger partial charge in [-0.1, -0.05) is 13.8 Å². The van der Waals surface area contributed by atoms with E-state index in [1.54, 1.807) is 0 Å². The Morgan fingerprint density at radius 2 is 2.00 bits per heavy atom. The van der Waals surface area contributed by atoms with E-state index in [9.17, 15) is 13.2 Å². The van der Waals surface area contributed by atoms with Crippen LogP contribution < -0.4 is 5.73 Å². The highest BCUT2D eigenvalue weighted by molar-refractivity contribution is 7.61. The summed E-state index contributed by atoms with van der Waals surface area (Å²) in [6.07, 6.45) is 0. The van der Waals surface area contributed by atoms with Crippen LogP contribution >= 0.6 is 0 Å². The van der Waals surface area contributed by atoms with Gasteiger partial charge in [0.25, 0.3) is 0 Å². The predicted octanol–water partition coefficient (Wildman–Crippen LogP) is -0.555. The van der Waals surface area contributed by atoms with Gasteiger partial charge in [-0.3, -0.25) is 5.73 Å². The van der Waals surface area contributed by atoms with Crippen LogP contribution in [0.15, 0.2) is 4.36 Å². The third-order valence-corrected chi connectivity index (χ3v) is 1.90.